The molecule has 2 amide bonds. The van der Waals surface area contributed by atoms with Gasteiger partial charge in [0.2, 0.25) is 5.91 Å². The van der Waals surface area contributed by atoms with Gasteiger partial charge in [-0.05, 0) is 24.5 Å². The summed E-state index contributed by atoms with van der Waals surface area (Å²) in [6, 6.07) is 7.91. The van der Waals surface area contributed by atoms with Crippen LogP contribution in [0.2, 0.25) is 5.02 Å². The third-order valence-electron chi connectivity index (χ3n) is 3.83. The van der Waals surface area contributed by atoms with Gasteiger partial charge < -0.3 is 15.0 Å². The maximum absolute atomic E-state index is 11.9. The van der Waals surface area contributed by atoms with Crippen LogP contribution in [0.1, 0.15) is 30.7 Å². The van der Waals surface area contributed by atoms with Crippen molar-refractivity contribution in [2.75, 3.05) is 20.7 Å². The fourth-order valence-corrected chi connectivity index (χ4v) is 2.75. The first-order valence-corrected chi connectivity index (χ1v) is 7.73. The lowest BCUT2D eigenvalue weighted by molar-refractivity contribution is -0.121. The molecule has 2 atom stereocenters. The monoisotopic (exact) mass is 324 g/mol. The summed E-state index contributed by atoms with van der Waals surface area (Å²) in [5.41, 5.74) is 1.10. The van der Waals surface area contributed by atoms with Gasteiger partial charge in [-0.15, -0.1) is 0 Å². The molecule has 0 aliphatic heterocycles. The van der Waals surface area contributed by atoms with Gasteiger partial charge in [0.1, 0.15) is 0 Å². The zero-order chi connectivity index (χ0) is 16.1. The highest BCUT2D eigenvalue weighted by atomic mass is 35.5. The van der Waals surface area contributed by atoms with Crippen molar-refractivity contribution in [1.29, 1.82) is 0 Å². The lowest BCUT2D eigenvalue weighted by Crippen LogP contribution is -2.30. The smallest absolute Gasteiger partial charge is 0.409 e. The third kappa shape index (κ3) is 4.37. The molecule has 0 saturated heterocycles. The van der Waals surface area contributed by atoms with Crippen molar-refractivity contribution in [2.24, 2.45) is 0 Å². The number of hydrogen-bond acceptors (Lipinski definition) is 3. The molecule has 1 saturated carbocycles. The highest BCUT2D eigenvalue weighted by Crippen LogP contribution is 2.43. The van der Waals surface area contributed by atoms with Gasteiger partial charge in [0.15, 0.2) is 0 Å². The Bertz CT molecular complexity index is 550. The van der Waals surface area contributed by atoms with Crippen molar-refractivity contribution in [3.63, 3.8) is 0 Å². The fraction of sp³-hybridized carbons (Fsp3) is 0.500. The Kier molecular flexibility index (Phi) is 5.66. The molecule has 120 valence electrons. The molecule has 0 radical (unpaired) electrons. The van der Waals surface area contributed by atoms with Crippen LogP contribution < -0.4 is 5.32 Å². The first-order chi connectivity index (χ1) is 10.5. The number of hydrogen-bond donors (Lipinski definition) is 1. The molecule has 5 nitrogen and oxygen atoms in total. The molecule has 1 fully saturated rings. The van der Waals surface area contributed by atoms with Crippen LogP contribution in [-0.2, 0) is 9.53 Å². The van der Waals surface area contributed by atoms with E-state index in [-0.39, 0.29) is 18.0 Å². The van der Waals surface area contributed by atoms with Crippen molar-refractivity contribution in [2.45, 2.75) is 31.2 Å². The molecule has 1 aliphatic rings. The second-order valence-electron chi connectivity index (χ2n) is 5.53. The summed E-state index contributed by atoms with van der Waals surface area (Å²) in [6.07, 6.45) is 1.55. The van der Waals surface area contributed by atoms with E-state index in [1.165, 1.54) is 12.0 Å². The van der Waals surface area contributed by atoms with Crippen molar-refractivity contribution in [3.05, 3.63) is 34.9 Å². The standard InChI is InChI=1S/C16H21ClN2O3/c1-19(16(21)22-2)9-5-8-15(20)18-14-10-12(14)11-6-3-4-7-13(11)17/h3-4,6-7,12,14H,5,8-10H2,1-2H3,(H,18,20)/t12-,14+/m0/s1. The second kappa shape index (κ2) is 7.49. The topological polar surface area (TPSA) is 58.6 Å². The van der Waals surface area contributed by atoms with Crippen LogP contribution in [0.5, 0.6) is 0 Å². The number of rotatable bonds is 6. The third-order valence-corrected chi connectivity index (χ3v) is 4.17. The van der Waals surface area contributed by atoms with Crippen LogP contribution in [0.15, 0.2) is 24.3 Å². The van der Waals surface area contributed by atoms with Crippen LogP contribution >= 0.6 is 11.6 Å². The van der Waals surface area contributed by atoms with E-state index in [0.717, 1.165) is 17.0 Å². The number of carbonyl (C=O) groups excluding carboxylic acids is 2. The Balaban J connectivity index is 1.69. The molecule has 6 heteroatoms. The number of benzene rings is 1. The van der Waals surface area contributed by atoms with Gasteiger partial charge >= 0.3 is 6.09 Å². The average molecular weight is 325 g/mol. The number of amides is 2. The molecule has 2 rings (SSSR count). The minimum absolute atomic E-state index is 0.0119. The SMILES string of the molecule is COC(=O)N(C)CCCC(=O)N[C@@H]1C[C@H]1c1ccccc1Cl. The van der Waals surface area contributed by atoms with Crippen LogP contribution in [0.25, 0.3) is 0 Å². The predicted octanol–water partition coefficient (Wildman–Crippen LogP) is 2.79. The summed E-state index contributed by atoms with van der Waals surface area (Å²) in [5.74, 6) is 0.327. The summed E-state index contributed by atoms with van der Waals surface area (Å²) in [4.78, 5) is 24.6. The molecule has 22 heavy (non-hydrogen) atoms. The molecule has 0 bridgehead atoms. The van der Waals surface area contributed by atoms with Crippen LogP contribution in [0.4, 0.5) is 4.79 Å². The maximum Gasteiger partial charge on any atom is 0.409 e. The van der Waals surface area contributed by atoms with Gasteiger partial charge in [-0.25, -0.2) is 4.79 Å². The average Bonchev–Trinajstić information content (AvgIpc) is 3.25. The van der Waals surface area contributed by atoms with Gasteiger partial charge in [0, 0.05) is 37.0 Å². The maximum atomic E-state index is 11.9. The molecule has 1 N–H and O–H groups in total. The summed E-state index contributed by atoms with van der Waals surface area (Å²) >= 11 is 6.16. The molecule has 1 aliphatic carbocycles. The molecule has 0 aromatic heterocycles. The van der Waals surface area contributed by atoms with E-state index >= 15 is 0 Å². The van der Waals surface area contributed by atoms with Crippen molar-refractivity contribution < 1.29 is 14.3 Å². The highest BCUT2D eigenvalue weighted by molar-refractivity contribution is 6.31. The zero-order valence-electron chi connectivity index (χ0n) is 12.8. The van der Waals surface area contributed by atoms with Crippen molar-refractivity contribution >= 4 is 23.6 Å². The van der Waals surface area contributed by atoms with Gasteiger partial charge in [-0.2, -0.15) is 0 Å². The summed E-state index contributed by atoms with van der Waals surface area (Å²) in [5, 5.41) is 3.77. The molecule has 0 heterocycles. The quantitative estimate of drug-likeness (QED) is 0.875. The first kappa shape index (κ1) is 16.6. The molecule has 0 spiro atoms. The molecular weight excluding hydrogens is 304 g/mol. The number of nitrogens with one attached hydrogen (secondary N) is 1. The Morgan fingerprint density at radius 3 is 2.82 bits per heavy atom. The predicted molar refractivity (Wildman–Crippen MR) is 85.0 cm³/mol. The summed E-state index contributed by atoms with van der Waals surface area (Å²) in [6.45, 7) is 0.499. The highest BCUT2D eigenvalue weighted by Gasteiger charge is 2.40. The van der Waals surface area contributed by atoms with Gasteiger partial charge in [0.25, 0.3) is 0 Å². The number of nitrogens with zero attached hydrogens (tertiary/aromatic N) is 1. The summed E-state index contributed by atoms with van der Waals surface area (Å²) < 4.78 is 4.59. The zero-order valence-corrected chi connectivity index (χ0v) is 13.6. The molecule has 1 aromatic rings. The van der Waals surface area contributed by atoms with Crippen molar-refractivity contribution in [3.8, 4) is 0 Å². The largest absolute Gasteiger partial charge is 0.453 e. The van der Waals surface area contributed by atoms with Crippen LogP contribution in [-0.4, -0.2) is 43.6 Å². The Morgan fingerprint density at radius 1 is 1.41 bits per heavy atom. The van der Waals surface area contributed by atoms with Gasteiger partial charge in [-0.1, -0.05) is 29.8 Å². The van der Waals surface area contributed by atoms with E-state index in [4.69, 9.17) is 11.6 Å². The van der Waals surface area contributed by atoms with E-state index in [9.17, 15) is 9.59 Å². The number of halogens is 1. The Morgan fingerprint density at radius 2 is 2.14 bits per heavy atom. The van der Waals surface area contributed by atoms with Gasteiger partial charge in [0.05, 0.1) is 7.11 Å². The normalized spacial score (nSPS) is 19.4. The van der Waals surface area contributed by atoms with E-state index < -0.39 is 0 Å². The number of carbonyl (C=O) groups is 2. The van der Waals surface area contributed by atoms with Gasteiger partial charge in [-0.3, -0.25) is 4.79 Å². The first-order valence-electron chi connectivity index (χ1n) is 7.35. The Labute approximate surface area is 135 Å². The van der Waals surface area contributed by atoms with Crippen molar-refractivity contribution in [1.82, 2.24) is 10.2 Å². The lowest BCUT2D eigenvalue weighted by Gasteiger charge is -2.14. The minimum Gasteiger partial charge on any atom is -0.453 e. The molecular formula is C16H21ClN2O3. The van der Waals surface area contributed by atoms with Crippen LogP contribution in [0, 0.1) is 0 Å². The second-order valence-corrected chi connectivity index (χ2v) is 5.94. The Hall–Kier alpha value is -1.75. The van der Waals surface area contributed by atoms with E-state index in [1.54, 1.807) is 7.05 Å². The number of ether oxygens (including phenoxy) is 1. The minimum atomic E-state index is -0.388. The number of methoxy groups -OCH3 is 1. The van der Waals surface area contributed by atoms with Crippen LogP contribution in [0.3, 0.4) is 0 Å². The fourth-order valence-electron chi connectivity index (χ4n) is 2.48. The van der Waals surface area contributed by atoms with E-state index in [0.29, 0.717) is 25.3 Å². The molecule has 0 unspecified atom stereocenters. The molecule has 1 aromatic carbocycles. The van der Waals surface area contributed by atoms with E-state index in [2.05, 4.69) is 10.1 Å². The van der Waals surface area contributed by atoms with E-state index in [1.807, 2.05) is 24.3 Å². The lowest BCUT2D eigenvalue weighted by atomic mass is 10.1. The summed E-state index contributed by atoms with van der Waals surface area (Å²) in [7, 11) is 2.99.